The van der Waals surface area contributed by atoms with E-state index >= 15 is 8.78 Å². The van der Waals surface area contributed by atoms with Gasteiger partial charge in [-0.1, -0.05) is 68.1 Å². The molecule has 14 nitrogen and oxygen atoms in total. The van der Waals surface area contributed by atoms with Crippen LogP contribution in [0.15, 0.2) is 96.6 Å². The SMILES string of the molecule is C/C1=C/CC[C@H](C)OC(=O)C[C@H](c2ccc(O)cc2)NC(=O)[C@@H](Cc2cc3ccccc3[nH]2)N(C)C(=O)[C@H](CCCCNC(=O)CCC=C2c3cc(F)c(N(C)C)cc3[Si](C)(C)c3cc(N(C)C)c(F)cc32)NC(=O)[C@@H](C)C1. The van der Waals surface area contributed by atoms with Gasteiger partial charge in [0.2, 0.25) is 23.6 Å². The highest BCUT2D eigenvalue weighted by atomic mass is 28.3. The Bertz CT molecular complexity index is 2980. The topological polar surface area (TPSA) is 176 Å². The molecule has 17 heteroatoms. The molecule has 416 valence electrons. The minimum atomic E-state index is -2.46. The van der Waals surface area contributed by atoms with Crippen LogP contribution in [0.25, 0.3) is 16.5 Å². The van der Waals surface area contributed by atoms with Crippen LogP contribution in [0.3, 0.4) is 0 Å². The van der Waals surface area contributed by atoms with Crippen LogP contribution in [-0.2, 0) is 35.1 Å². The van der Waals surface area contributed by atoms with E-state index in [1.807, 2.05) is 68.5 Å². The fourth-order valence-electron chi connectivity index (χ4n) is 10.7. The summed E-state index contributed by atoms with van der Waals surface area (Å²) in [4.78, 5) is 78.9. The summed E-state index contributed by atoms with van der Waals surface area (Å²) in [5, 5.41) is 22.2. The molecule has 3 heterocycles. The first-order chi connectivity index (χ1) is 37.0. The number of carbonyl (C=O) groups excluding carboxylic acids is 5. The van der Waals surface area contributed by atoms with Crippen molar-refractivity contribution in [2.75, 3.05) is 51.6 Å². The molecule has 0 saturated carbocycles. The fraction of sp³-hybridized carbons (Fsp3) is 0.426. The van der Waals surface area contributed by atoms with Gasteiger partial charge in [0, 0.05) is 71.8 Å². The predicted octanol–water partition coefficient (Wildman–Crippen LogP) is 8.42. The van der Waals surface area contributed by atoms with Gasteiger partial charge in [-0.05, 0) is 145 Å². The van der Waals surface area contributed by atoms with Crippen LogP contribution in [0, 0.1) is 17.6 Å². The number of likely N-dealkylation sites (N-methyl/N-ethyl adjacent to an activating group) is 1. The Morgan fingerprint density at radius 1 is 0.859 bits per heavy atom. The Balaban J connectivity index is 1.09. The molecule has 2 aliphatic heterocycles. The second-order valence-electron chi connectivity index (χ2n) is 22.1. The van der Waals surface area contributed by atoms with Gasteiger partial charge in [-0.2, -0.15) is 0 Å². The van der Waals surface area contributed by atoms with Crippen LogP contribution in [0.4, 0.5) is 20.2 Å². The number of esters is 1. The summed E-state index contributed by atoms with van der Waals surface area (Å²) in [6, 6.07) is 19.7. The Kier molecular flexibility index (Phi) is 19.1. The molecule has 7 rings (SSSR count). The fourth-order valence-corrected chi connectivity index (χ4v) is 13.8. The number of allylic oxidation sites excluding steroid dienone is 3. The predicted molar refractivity (Wildman–Crippen MR) is 308 cm³/mol. The summed E-state index contributed by atoms with van der Waals surface area (Å²) >= 11 is 0. The van der Waals surface area contributed by atoms with E-state index in [1.165, 1.54) is 24.1 Å². The quantitative estimate of drug-likeness (QED) is 0.0336. The normalized spacial score (nSPS) is 21.1. The maximum absolute atomic E-state index is 15.7. The summed E-state index contributed by atoms with van der Waals surface area (Å²) in [6.45, 7) is 10.2. The summed E-state index contributed by atoms with van der Waals surface area (Å²) in [5.41, 5.74) is 6.12. The molecular weight excluding hydrogens is 1010 g/mol. The standard InChI is InChI=1S/C61H77F2N7O7Si/c1-37-17-15-18-39(3)77-58(73)34-51(40-24-26-43(71)27-25-40)67-60(75)54(31-42-30-41-19-11-12-21-49(41)65-42)70(8)61(76)50(66-59(74)38(2)29-37)22-13-14-28-64-57(72)23-16-20-44-45-32-47(62)52(68(4)5)35-55(45)78(9,10)56-36-53(69(6)7)48(63)33-46(44)56/h11-12,17,19-21,24-27,30,32-33,35-36,38-39,50-51,54,65,71H,13-16,18,22-23,28-29,31,34H2,1-10H3,(H,64,72)(H,66,74)(H,67,75)/b37-17-/t38-,39-,50-,51+,54+/m0/s1. The number of phenols is 1. The number of nitrogens with zero attached hydrogens (tertiary/aromatic N) is 3. The number of aromatic amines is 1. The molecule has 5 aromatic rings. The first-order valence-corrected chi connectivity index (χ1v) is 30.1. The van der Waals surface area contributed by atoms with E-state index in [1.54, 1.807) is 69.2 Å². The third-order valence-electron chi connectivity index (χ3n) is 15.2. The third-order valence-corrected chi connectivity index (χ3v) is 18.7. The first kappa shape index (κ1) is 58.4. The maximum Gasteiger partial charge on any atom is 0.308 e. The Hall–Kier alpha value is -7.27. The molecule has 0 saturated heterocycles. The van der Waals surface area contributed by atoms with Crippen molar-refractivity contribution in [2.45, 2.75) is 122 Å². The molecule has 4 amide bonds. The van der Waals surface area contributed by atoms with Crippen molar-refractivity contribution in [1.29, 1.82) is 0 Å². The zero-order valence-electron chi connectivity index (χ0n) is 46.8. The highest BCUT2D eigenvalue weighted by molar-refractivity contribution is 7.02. The largest absolute Gasteiger partial charge is 0.508 e. The lowest BCUT2D eigenvalue weighted by Crippen LogP contribution is -2.58. The highest BCUT2D eigenvalue weighted by Crippen LogP contribution is 2.36. The molecule has 5 atom stereocenters. The molecular formula is C61H77F2N7O7Si. The molecule has 5 N–H and O–H groups in total. The van der Waals surface area contributed by atoms with Crippen LogP contribution in [0.5, 0.6) is 5.75 Å². The van der Waals surface area contributed by atoms with Crippen molar-refractivity contribution in [3.63, 3.8) is 0 Å². The van der Waals surface area contributed by atoms with Crippen LogP contribution in [0.2, 0.25) is 13.1 Å². The van der Waals surface area contributed by atoms with E-state index in [9.17, 15) is 29.1 Å². The number of rotatable bonds is 13. The van der Waals surface area contributed by atoms with Crippen LogP contribution >= 0.6 is 0 Å². The number of anilines is 2. The summed E-state index contributed by atoms with van der Waals surface area (Å²) in [7, 11) is 6.29. The number of para-hydroxylation sites is 1. The lowest BCUT2D eigenvalue weighted by molar-refractivity contribution is -0.149. The van der Waals surface area contributed by atoms with Crippen molar-refractivity contribution >= 4 is 75.9 Å². The zero-order chi connectivity index (χ0) is 56.6. The Labute approximate surface area is 458 Å². The van der Waals surface area contributed by atoms with Crippen molar-refractivity contribution in [1.82, 2.24) is 25.8 Å². The average molecular weight is 1090 g/mol. The number of nitrogens with one attached hydrogen (secondary N) is 4. The number of unbranched alkanes of at least 4 members (excludes halogenated alkanes) is 1. The van der Waals surface area contributed by atoms with E-state index in [0.717, 1.165) is 26.8 Å². The number of H-pyrrole nitrogens is 1. The molecule has 0 aliphatic carbocycles. The number of benzene rings is 4. The number of hydrogen-bond donors (Lipinski definition) is 5. The summed E-state index contributed by atoms with van der Waals surface area (Å²) < 4.78 is 37.2. The van der Waals surface area contributed by atoms with Crippen molar-refractivity contribution < 1.29 is 42.6 Å². The molecule has 1 aromatic heterocycles. The van der Waals surface area contributed by atoms with Crippen molar-refractivity contribution in [3.8, 4) is 5.75 Å². The lowest BCUT2D eigenvalue weighted by Gasteiger charge is -2.37. The molecule has 0 bridgehead atoms. The van der Waals surface area contributed by atoms with E-state index < -0.39 is 56.0 Å². The number of hydrogen-bond acceptors (Lipinski definition) is 9. The lowest BCUT2D eigenvalue weighted by atomic mass is 9.94. The molecule has 0 radical (unpaired) electrons. The minimum Gasteiger partial charge on any atom is -0.508 e. The molecule has 4 aromatic carbocycles. The second-order valence-corrected chi connectivity index (χ2v) is 26.4. The molecule has 0 fully saturated rings. The van der Waals surface area contributed by atoms with Gasteiger partial charge >= 0.3 is 5.97 Å². The van der Waals surface area contributed by atoms with Gasteiger partial charge in [0.05, 0.1) is 29.9 Å². The monoisotopic (exact) mass is 1090 g/mol. The number of halogens is 2. The summed E-state index contributed by atoms with van der Waals surface area (Å²) in [5.74, 6) is -3.35. The van der Waals surface area contributed by atoms with E-state index in [2.05, 4.69) is 34.0 Å². The zero-order valence-corrected chi connectivity index (χ0v) is 47.8. The maximum atomic E-state index is 15.7. The Morgan fingerprint density at radius 2 is 1.50 bits per heavy atom. The molecule has 2 aliphatic rings. The molecule has 78 heavy (non-hydrogen) atoms. The number of phenolic OH excluding ortho intramolecular Hbond substituents is 1. The van der Waals surface area contributed by atoms with E-state index in [4.69, 9.17) is 4.74 Å². The van der Waals surface area contributed by atoms with Gasteiger partial charge in [-0.15, -0.1) is 0 Å². The number of ether oxygens (including phenoxy) is 1. The van der Waals surface area contributed by atoms with Crippen molar-refractivity contribution in [3.05, 3.63) is 131 Å². The number of cyclic esters (lactones) is 1. The van der Waals surface area contributed by atoms with Crippen LogP contribution < -0.4 is 36.1 Å². The molecule has 0 spiro atoms. The minimum absolute atomic E-state index is 0.0108. The number of fused-ring (bicyclic) bond motifs is 3. The number of aromatic nitrogens is 1. The van der Waals surface area contributed by atoms with E-state index in [0.29, 0.717) is 77.9 Å². The van der Waals surface area contributed by atoms with Gasteiger partial charge in [-0.3, -0.25) is 24.0 Å². The van der Waals surface area contributed by atoms with Crippen molar-refractivity contribution in [2.24, 2.45) is 5.92 Å². The smallest absolute Gasteiger partial charge is 0.308 e. The second kappa shape index (κ2) is 25.5. The van der Waals surface area contributed by atoms with Gasteiger partial charge in [0.15, 0.2) is 0 Å². The number of carbonyl (C=O) groups is 5. The van der Waals surface area contributed by atoms with Gasteiger partial charge in [-0.25, -0.2) is 8.78 Å². The van der Waals surface area contributed by atoms with Crippen LogP contribution in [-0.4, -0.2) is 113 Å². The van der Waals surface area contributed by atoms with Crippen LogP contribution in [0.1, 0.15) is 107 Å². The van der Waals surface area contributed by atoms with E-state index in [-0.39, 0.29) is 61.4 Å². The van der Waals surface area contributed by atoms with Gasteiger partial charge in [0.1, 0.15) is 37.5 Å². The average Bonchev–Trinajstić information content (AvgIpc) is 3.81. The first-order valence-electron chi connectivity index (χ1n) is 27.1. The van der Waals surface area contributed by atoms with Gasteiger partial charge in [0.25, 0.3) is 0 Å². The molecule has 0 unspecified atom stereocenters. The Morgan fingerprint density at radius 3 is 2.13 bits per heavy atom. The highest BCUT2D eigenvalue weighted by Gasteiger charge is 2.39. The third kappa shape index (κ3) is 14.1. The van der Waals surface area contributed by atoms with Gasteiger partial charge < -0.3 is 45.5 Å². The number of aromatic hydroxyl groups is 1. The summed E-state index contributed by atoms with van der Waals surface area (Å²) in [6.07, 6.45) is 6.46. The number of amides is 4.